The minimum absolute atomic E-state index is 0. The van der Waals surface area contributed by atoms with Crippen molar-refractivity contribution >= 4 is 18.3 Å². The molecule has 3 nitrogen and oxygen atoms in total. The molecule has 0 fully saturated rings. The van der Waals surface area contributed by atoms with E-state index in [-0.39, 0.29) is 18.3 Å². The van der Waals surface area contributed by atoms with Gasteiger partial charge in [0.1, 0.15) is 0 Å². The third-order valence-electron chi connectivity index (χ3n) is 2.69. The molecule has 0 aliphatic rings. The van der Waals surface area contributed by atoms with E-state index in [4.69, 9.17) is 0 Å². The molecule has 0 radical (unpaired) electrons. The highest BCUT2D eigenvalue weighted by molar-refractivity contribution is 5.85. The number of benzene rings is 1. The molecule has 0 unspecified atom stereocenters. The fourth-order valence-corrected chi connectivity index (χ4v) is 1.62. The van der Waals surface area contributed by atoms with Crippen LogP contribution in [0.2, 0.25) is 0 Å². The highest BCUT2D eigenvalue weighted by Crippen LogP contribution is 2.03. The Morgan fingerprint density at radius 1 is 1.17 bits per heavy atom. The van der Waals surface area contributed by atoms with E-state index >= 15 is 0 Å². The Morgan fingerprint density at radius 2 is 1.83 bits per heavy atom. The Balaban J connectivity index is 0.00000289. The van der Waals surface area contributed by atoms with Crippen molar-refractivity contribution in [3.05, 3.63) is 35.4 Å². The van der Waals surface area contributed by atoms with Gasteiger partial charge in [0.15, 0.2) is 0 Å². The average Bonchev–Trinajstić information content (AvgIpc) is 2.32. The predicted octanol–water partition coefficient (Wildman–Crippen LogP) is 2.08. The normalized spacial score (nSPS) is 9.67. The Kier molecular flexibility index (Phi) is 9.33. The molecule has 0 saturated carbocycles. The summed E-state index contributed by atoms with van der Waals surface area (Å²) in [6, 6.07) is 8.43. The summed E-state index contributed by atoms with van der Waals surface area (Å²) in [5, 5.41) is 5.97. The second-order valence-electron chi connectivity index (χ2n) is 4.29. The Hall–Kier alpha value is -1.06. The van der Waals surface area contributed by atoms with Gasteiger partial charge in [-0.1, -0.05) is 29.8 Å². The van der Waals surface area contributed by atoms with Crippen LogP contribution in [0, 0.1) is 6.92 Å². The second-order valence-corrected chi connectivity index (χ2v) is 4.29. The minimum Gasteiger partial charge on any atom is -0.356 e. The summed E-state index contributed by atoms with van der Waals surface area (Å²) >= 11 is 0. The average molecular weight is 271 g/mol. The summed E-state index contributed by atoms with van der Waals surface area (Å²) in [5.41, 5.74) is 2.54. The van der Waals surface area contributed by atoms with Crippen LogP contribution < -0.4 is 10.6 Å². The van der Waals surface area contributed by atoms with Gasteiger partial charge >= 0.3 is 0 Å². The highest BCUT2D eigenvalue weighted by Gasteiger charge is 2.00. The van der Waals surface area contributed by atoms with Crippen molar-refractivity contribution in [2.75, 3.05) is 20.1 Å². The van der Waals surface area contributed by atoms with E-state index < -0.39 is 0 Å². The summed E-state index contributed by atoms with van der Waals surface area (Å²) in [4.78, 5) is 11.4. The van der Waals surface area contributed by atoms with Crippen molar-refractivity contribution in [3.8, 4) is 0 Å². The molecule has 0 spiro atoms. The molecule has 0 aliphatic carbocycles. The zero-order valence-electron chi connectivity index (χ0n) is 11.2. The molecule has 1 aromatic rings. The molecule has 1 aromatic carbocycles. The Morgan fingerprint density at radius 3 is 2.44 bits per heavy atom. The number of amides is 1. The van der Waals surface area contributed by atoms with E-state index in [0.29, 0.717) is 6.42 Å². The van der Waals surface area contributed by atoms with Crippen LogP contribution in [-0.2, 0) is 11.2 Å². The molecule has 0 bridgehead atoms. The van der Waals surface area contributed by atoms with Gasteiger partial charge in [0.2, 0.25) is 5.91 Å². The van der Waals surface area contributed by atoms with Crippen LogP contribution >= 0.6 is 12.4 Å². The molecule has 0 aromatic heterocycles. The monoisotopic (exact) mass is 270 g/mol. The van der Waals surface area contributed by atoms with Crippen LogP contribution in [0.4, 0.5) is 0 Å². The molecule has 0 heterocycles. The zero-order chi connectivity index (χ0) is 12.5. The molecule has 0 aliphatic heterocycles. The topological polar surface area (TPSA) is 41.1 Å². The molecule has 102 valence electrons. The first-order valence-electron chi connectivity index (χ1n) is 6.19. The van der Waals surface area contributed by atoms with E-state index in [9.17, 15) is 4.79 Å². The number of hydrogen-bond donors (Lipinski definition) is 2. The van der Waals surface area contributed by atoms with Gasteiger partial charge in [-0.15, -0.1) is 12.4 Å². The van der Waals surface area contributed by atoms with Crippen LogP contribution in [0.25, 0.3) is 0 Å². The first-order valence-corrected chi connectivity index (χ1v) is 6.19. The van der Waals surface area contributed by atoms with Crippen LogP contribution in [0.5, 0.6) is 0 Å². The standard InChI is InChI=1S/C14H22N2O.ClH/c1-12-5-7-13(8-6-12)9-11-16-14(17)4-3-10-15-2;/h5-8,15H,3-4,9-11H2,1-2H3,(H,16,17);1H. The van der Waals surface area contributed by atoms with Crippen molar-refractivity contribution in [2.24, 2.45) is 0 Å². The van der Waals surface area contributed by atoms with Crippen molar-refractivity contribution in [3.63, 3.8) is 0 Å². The molecular formula is C14H23ClN2O. The fraction of sp³-hybridized carbons (Fsp3) is 0.500. The van der Waals surface area contributed by atoms with Gasteiger partial charge in [-0.25, -0.2) is 0 Å². The number of aryl methyl sites for hydroxylation is 1. The predicted molar refractivity (Wildman–Crippen MR) is 78.3 cm³/mol. The smallest absolute Gasteiger partial charge is 0.220 e. The van der Waals surface area contributed by atoms with Gasteiger partial charge in [0, 0.05) is 13.0 Å². The Labute approximate surface area is 116 Å². The minimum atomic E-state index is 0. The highest BCUT2D eigenvalue weighted by atomic mass is 35.5. The molecule has 18 heavy (non-hydrogen) atoms. The summed E-state index contributed by atoms with van der Waals surface area (Å²) in [7, 11) is 1.90. The van der Waals surface area contributed by atoms with E-state index in [1.54, 1.807) is 0 Å². The first-order chi connectivity index (χ1) is 8.22. The van der Waals surface area contributed by atoms with Crippen molar-refractivity contribution in [1.29, 1.82) is 0 Å². The number of halogens is 1. The third-order valence-corrected chi connectivity index (χ3v) is 2.69. The molecule has 0 saturated heterocycles. The maximum Gasteiger partial charge on any atom is 0.220 e. The Bertz CT molecular complexity index is 338. The summed E-state index contributed by atoms with van der Waals surface area (Å²) < 4.78 is 0. The van der Waals surface area contributed by atoms with Gasteiger partial charge < -0.3 is 10.6 Å². The van der Waals surface area contributed by atoms with Crippen LogP contribution in [-0.4, -0.2) is 26.0 Å². The fourth-order valence-electron chi connectivity index (χ4n) is 1.62. The lowest BCUT2D eigenvalue weighted by Crippen LogP contribution is -2.26. The molecule has 2 N–H and O–H groups in total. The molecular weight excluding hydrogens is 248 g/mol. The summed E-state index contributed by atoms with van der Waals surface area (Å²) in [6.45, 7) is 3.69. The number of hydrogen-bond acceptors (Lipinski definition) is 2. The van der Waals surface area contributed by atoms with Gasteiger partial charge in [-0.2, -0.15) is 0 Å². The van der Waals surface area contributed by atoms with Crippen molar-refractivity contribution in [2.45, 2.75) is 26.2 Å². The molecule has 1 amide bonds. The quantitative estimate of drug-likeness (QED) is 0.745. The number of carbonyl (C=O) groups excluding carboxylic acids is 1. The number of rotatable bonds is 7. The van der Waals surface area contributed by atoms with Gasteiger partial charge in [-0.3, -0.25) is 4.79 Å². The lowest BCUT2D eigenvalue weighted by atomic mass is 10.1. The van der Waals surface area contributed by atoms with E-state index in [2.05, 4.69) is 41.8 Å². The first kappa shape index (κ1) is 16.9. The van der Waals surface area contributed by atoms with E-state index in [1.807, 2.05) is 7.05 Å². The summed E-state index contributed by atoms with van der Waals surface area (Å²) in [6.07, 6.45) is 2.40. The SMILES string of the molecule is CNCCCC(=O)NCCc1ccc(C)cc1.Cl. The van der Waals surface area contributed by atoms with E-state index in [1.165, 1.54) is 11.1 Å². The largest absolute Gasteiger partial charge is 0.356 e. The van der Waals surface area contributed by atoms with Crippen LogP contribution in [0.15, 0.2) is 24.3 Å². The van der Waals surface area contributed by atoms with E-state index in [0.717, 1.165) is 25.9 Å². The van der Waals surface area contributed by atoms with Gasteiger partial charge in [0.25, 0.3) is 0 Å². The number of carbonyl (C=O) groups is 1. The van der Waals surface area contributed by atoms with Gasteiger partial charge in [0.05, 0.1) is 0 Å². The lowest BCUT2D eigenvalue weighted by Gasteiger charge is -2.05. The second kappa shape index (κ2) is 9.92. The van der Waals surface area contributed by atoms with Crippen LogP contribution in [0.3, 0.4) is 0 Å². The van der Waals surface area contributed by atoms with Crippen molar-refractivity contribution in [1.82, 2.24) is 10.6 Å². The molecule has 1 rings (SSSR count). The summed E-state index contributed by atoms with van der Waals surface area (Å²) in [5.74, 6) is 0.146. The van der Waals surface area contributed by atoms with Crippen LogP contribution in [0.1, 0.15) is 24.0 Å². The van der Waals surface area contributed by atoms with Gasteiger partial charge in [-0.05, 0) is 38.9 Å². The maximum atomic E-state index is 11.4. The lowest BCUT2D eigenvalue weighted by molar-refractivity contribution is -0.121. The zero-order valence-corrected chi connectivity index (χ0v) is 12.0. The molecule has 4 heteroatoms. The maximum absolute atomic E-state index is 11.4. The molecule has 0 atom stereocenters. The van der Waals surface area contributed by atoms with Crippen molar-refractivity contribution < 1.29 is 4.79 Å². The third kappa shape index (κ3) is 7.30. The number of nitrogens with one attached hydrogen (secondary N) is 2.